The van der Waals surface area contributed by atoms with Gasteiger partial charge in [0.25, 0.3) is 0 Å². The Morgan fingerprint density at radius 1 is 1.50 bits per heavy atom. The Morgan fingerprint density at radius 2 is 2.36 bits per heavy atom. The molecule has 14 heavy (non-hydrogen) atoms. The molecule has 3 heteroatoms. The molecule has 1 aromatic rings. The SMILES string of the molecule is CC(CN)CCNCCc1ccco1. The summed E-state index contributed by atoms with van der Waals surface area (Å²) in [6.07, 6.45) is 3.82. The molecule has 1 heterocycles. The summed E-state index contributed by atoms with van der Waals surface area (Å²) < 4.78 is 5.22. The van der Waals surface area contributed by atoms with Crippen LogP contribution in [0.3, 0.4) is 0 Å². The zero-order valence-corrected chi connectivity index (χ0v) is 8.83. The third-order valence-electron chi connectivity index (χ3n) is 2.34. The summed E-state index contributed by atoms with van der Waals surface area (Å²) in [7, 11) is 0. The zero-order chi connectivity index (χ0) is 10.2. The maximum Gasteiger partial charge on any atom is 0.105 e. The highest BCUT2D eigenvalue weighted by Crippen LogP contribution is 2.00. The first-order valence-electron chi connectivity index (χ1n) is 5.26. The highest BCUT2D eigenvalue weighted by atomic mass is 16.3. The molecule has 1 unspecified atom stereocenters. The van der Waals surface area contributed by atoms with Crippen LogP contribution in [-0.2, 0) is 6.42 Å². The van der Waals surface area contributed by atoms with E-state index in [0.717, 1.165) is 38.2 Å². The van der Waals surface area contributed by atoms with Crippen molar-refractivity contribution in [1.82, 2.24) is 5.32 Å². The lowest BCUT2D eigenvalue weighted by Gasteiger charge is -2.08. The van der Waals surface area contributed by atoms with E-state index in [0.29, 0.717) is 5.92 Å². The Balaban J connectivity index is 1.95. The number of nitrogens with two attached hydrogens (primary N) is 1. The summed E-state index contributed by atoms with van der Waals surface area (Å²) in [5.74, 6) is 1.66. The molecule has 0 aliphatic heterocycles. The molecule has 3 nitrogen and oxygen atoms in total. The monoisotopic (exact) mass is 196 g/mol. The molecule has 0 saturated carbocycles. The van der Waals surface area contributed by atoms with Crippen LogP contribution in [0.1, 0.15) is 19.1 Å². The summed E-state index contributed by atoms with van der Waals surface area (Å²) >= 11 is 0. The van der Waals surface area contributed by atoms with Crippen LogP contribution >= 0.6 is 0 Å². The van der Waals surface area contributed by atoms with E-state index in [1.54, 1.807) is 6.26 Å². The molecule has 0 bridgehead atoms. The first kappa shape index (κ1) is 11.3. The topological polar surface area (TPSA) is 51.2 Å². The maximum atomic E-state index is 5.52. The average Bonchev–Trinajstić information content (AvgIpc) is 2.69. The number of furan rings is 1. The molecule has 0 aromatic carbocycles. The quantitative estimate of drug-likeness (QED) is 0.648. The largest absolute Gasteiger partial charge is 0.469 e. The fraction of sp³-hybridized carbons (Fsp3) is 0.636. The number of hydrogen-bond acceptors (Lipinski definition) is 3. The number of nitrogens with one attached hydrogen (secondary N) is 1. The highest BCUT2D eigenvalue weighted by Gasteiger charge is 1.98. The predicted molar refractivity (Wildman–Crippen MR) is 58.1 cm³/mol. The van der Waals surface area contributed by atoms with Crippen molar-refractivity contribution in [2.24, 2.45) is 11.7 Å². The fourth-order valence-electron chi connectivity index (χ4n) is 1.26. The van der Waals surface area contributed by atoms with E-state index in [2.05, 4.69) is 12.2 Å². The molecule has 0 spiro atoms. The Labute approximate surface area is 85.7 Å². The van der Waals surface area contributed by atoms with Gasteiger partial charge < -0.3 is 15.5 Å². The normalized spacial score (nSPS) is 13.0. The van der Waals surface area contributed by atoms with Crippen molar-refractivity contribution in [2.75, 3.05) is 19.6 Å². The van der Waals surface area contributed by atoms with E-state index < -0.39 is 0 Å². The van der Waals surface area contributed by atoms with E-state index in [4.69, 9.17) is 10.2 Å². The highest BCUT2D eigenvalue weighted by molar-refractivity contribution is 4.98. The van der Waals surface area contributed by atoms with Crippen molar-refractivity contribution >= 4 is 0 Å². The third-order valence-corrected chi connectivity index (χ3v) is 2.34. The molecule has 1 atom stereocenters. The van der Waals surface area contributed by atoms with Crippen molar-refractivity contribution in [3.05, 3.63) is 24.2 Å². The van der Waals surface area contributed by atoms with Crippen LogP contribution in [0.5, 0.6) is 0 Å². The second kappa shape index (κ2) is 6.62. The summed E-state index contributed by atoms with van der Waals surface area (Å²) in [5.41, 5.74) is 5.52. The lowest BCUT2D eigenvalue weighted by atomic mass is 10.1. The van der Waals surface area contributed by atoms with Crippen LogP contribution in [0.2, 0.25) is 0 Å². The Kier molecular flexibility index (Phi) is 5.33. The molecule has 1 aromatic heterocycles. The summed E-state index contributed by atoms with van der Waals surface area (Å²) in [6.45, 7) is 4.97. The van der Waals surface area contributed by atoms with Gasteiger partial charge in [0.2, 0.25) is 0 Å². The van der Waals surface area contributed by atoms with Gasteiger partial charge in [0.1, 0.15) is 5.76 Å². The lowest BCUT2D eigenvalue weighted by Crippen LogP contribution is -2.22. The summed E-state index contributed by atoms with van der Waals surface area (Å²) in [6, 6.07) is 3.93. The van der Waals surface area contributed by atoms with Gasteiger partial charge in [0.05, 0.1) is 6.26 Å². The van der Waals surface area contributed by atoms with Crippen molar-refractivity contribution < 1.29 is 4.42 Å². The molecular weight excluding hydrogens is 176 g/mol. The van der Waals surface area contributed by atoms with Crippen LogP contribution in [0, 0.1) is 5.92 Å². The van der Waals surface area contributed by atoms with Crippen LogP contribution in [-0.4, -0.2) is 19.6 Å². The predicted octanol–water partition coefficient (Wildman–Crippen LogP) is 1.40. The van der Waals surface area contributed by atoms with Gasteiger partial charge in [-0.3, -0.25) is 0 Å². The summed E-state index contributed by atoms with van der Waals surface area (Å²) in [4.78, 5) is 0. The van der Waals surface area contributed by atoms with Gasteiger partial charge in [0, 0.05) is 13.0 Å². The first-order chi connectivity index (χ1) is 6.83. The minimum atomic E-state index is 0.617. The Hall–Kier alpha value is -0.800. The van der Waals surface area contributed by atoms with E-state index in [9.17, 15) is 0 Å². The number of hydrogen-bond donors (Lipinski definition) is 2. The van der Waals surface area contributed by atoms with Crippen molar-refractivity contribution in [1.29, 1.82) is 0 Å². The zero-order valence-electron chi connectivity index (χ0n) is 8.83. The third kappa shape index (κ3) is 4.44. The van der Waals surface area contributed by atoms with Gasteiger partial charge in [-0.15, -0.1) is 0 Å². The van der Waals surface area contributed by atoms with Gasteiger partial charge >= 0.3 is 0 Å². The van der Waals surface area contributed by atoms with Gasteiger partial charge in [0.15, 0.2) is 0 Å². The standard InChI is InChI=1S/C11H20N2O/c1-10(9-12)4-6-13-7-5-11-3-2-8-14-11/h2-3,8,10,13H,4-7,9,12H2,1H3. The van der Waals surface area contributed by atoms with Crippen molar-refractivity contribution in [3.8, 4) is 0 Å². The van der Waals surface area contributed by atoms with E-state index in [1.807, 2.05) is 12.1 Å². The smallest absolute Gasteiger partial charge is 0.105 e. The first-order valence-corrected chi connectivity index (χ1v) is 5.26. The second-order valence-electron chi connectivity index (χ2n) is 3.71. The van der Waals surface area contributed by atoms with Crippen LogP contribution in [0.15, 0.2) is 22.8 Å². The number of rotatable bonds is 7. The lowest BCUT2D eigenvalue weighted by molar-refractivity contribution is 0.481. The van der Waals surface area contributed by atoms with Crippen molar-refractivity contribution in [3.63, 3.8) is 0 Å². The maximum absolute atomic E-state index is 5.52. The van der Waals surface area contributed by atoms with E-state index >= 15 is 0 Å². The molecule has 0 amide bonds. The average molecular weight is 196 g/mol. The summed E-state index contributed by atoms with van der Waals surface area (Å²) in [5, 5.41) is 3.37. The van der Waals surface area contributed by atoms with Gasteiger partial charge in [-0.2, -0.15) is 0 Å². The molecule has 0 fully saturated rings. The molecule has 3 N–H and O–H groups in total. The van der Waals surface area contributed by atoms with Crippen LogP contribution in [0.4, 0.5) is 0 Å². The van der Waals surface area contributed by atoms with Crippen LogP contribution in [0.25, 0.3) is 0 Å². The fourth-order valence-corrected chi connectivity index (χ4v) is 1.26. The van der Waals surface area contributed by atoms with Crippen LogP contribution < -0.4 is 11.1 Å². The van der Waals surface area contributed by atoms with Gasteiger partial charge in [-0.1, -0.05) is 6.92 Å². The Morgan fingerprint density at radius 3 is 3.00 bits per heavy atom. The van der Waals surface area contributed by atoms with E-state index in [-0.39, 0.29) is 0 Å². The van der Waals surface area contributed by atoms with Gasteiger partial charge in [-0.25, -0.2) is 0 Å². The molecular formula is C11H20N2O. The molecule has 0 saturated heterocycles. The minimum absolute atomic E-state index is 0.617. The molecule has 0 aliphatic rings. The van der Waals surface area contributed by atoms with Gasteiger partial charge in [-0.05, 0) is 37.6 Å². The van der Waals surface area contributed by atoms with Crippen molar-refractivity contribution in [2.45, 2.75) is 19.8 Å². The minimum Gasteiger partial charge on any atom is -0.469 e. The molecule has 0 aliphatic carbocycles. The molecule has 80 valence electrons. The molecule has 0 radical (unpaired) electrons. The second-order valence-corrected chi connectivity index (χ2v) is 3.71. The van der Waals surface area contributed by atoms with E-state index in [1.165, 1.54) is 0 Å². The molecule has 1 rings (SSSR count). The Bertz CT molecular complexity index is 221.